The largest absolute Gasteiger partial charge is 0.355 e. The first-order valence-corrected chi connectivity index (χ1v) is 7.39. The van der Waals surface area contributed by atoms with Gasteiger partial charge in [-0.1, -0.05) is 11.6 Å². The molecule has 0 N–H and O–H groups in total. The summed E-state index contributed by atoms with van der Waals surface area (Å²) in [5, 5.41) is 0.625. The minimum absolute atomic E-state index is 0.545. The van der Waals surface area contributed by atoms with Crippen LogP contribution >= 0.6 is 11.6 Å². The fraction of sp³-hybridized carbons (Fsp3) is 0.714. The van der Waals surface area contributed by atoms with Crippen molar-refractivity contribution < 1.29 is 0 Å². The molecular formula is C14H21ClN4. The highest BCUT2D eigenvalue weighted by Crippen LogP contribution is 2.40. The predicted molar refractivity (Wildman–Crippen MR) is 78.1 cm³/mol. The van der Waals surface area contributed by atoms with Gasteiger partial charge in [0.2, 0.25) is 0 Å². The molecule has 0 aromatic carbocycles. The van der Waals surface area contributed by atoms with Crippen LogP contribution in [0.2, 0.25) is 5.15 Å². The lowest BCUT2D eigenvalue weighted by Crippen LogP contribution is -2.32. The van der Waals surface area contributed by atoms with E-state index in [2.05, 4.69) is 28.9 Å². The van der Waals surface area contributed by atoms with Gasteiger partial charge in [0.15, 0.2) is 0 Å². The minimum Gasteiger partial charge on any atom is -0.355 e. The molecule has 1 saturated carbocycles. The summed E-state index contributed by atoms with van der Waals surface area (Å²) in [5.41, 5.74) is 1.02. The van der Waals surface area contributed by atoms with Crippen molar-refractivity contribution in [2.24, 2.45) is 0 Å². The van der Waals surface area contributed by atoms with Crippen molar-refractivity contribution in [3.63, 3.8) is 0 Å². The number of nitrogens with zero attached hydrogens (tertiary/aromatic N) is 4. The van der Waals surface area contributed by atoms with Gasteiger partial charge in [0, 0.05) is 30.6 Å². The van der Waals surface area contributed by atoms with E-state index in [4.69, 9.17) is 16.6 Å². The Kier molecular flexibility index (Phi) is 3.39. The van der Waals surface area contributed by atoms with Gasteiger partial charge >= 0.3 is 0 Å². The smallest absolute Gasteiger partial charge is 0.137 e. The van der Waals surface area contributed by atoms with Crippen molar-refractivity contribution in [2.45, 2.75) is 38.1 Å². The lowest BCUT2D eigenvalue weighted by atomic mass is 10.2. The number of aromatic nitrogens is 2. The molecule has 1 aromatic heterocycles. The lowest BCUT2D eigenvalue weighted by Gasteiger charge is -2.23. The van der Waals surface area contributed by atoms with E-state index in [1.165, 1.54) is 19.3 Å². The number of rotatable bonds is 3. The molecule has 1 aromatic rings. The Labute approximate surface area is 119 Å². The van der Waals surface area contributed by atoms with Gasteiger partial charge < -0.3 is 9.80 Å². The third kappa shape index (κ3) is 2.56. The zero-order valence-corrected chi connectivity index (χ0v) is 12.6. The number of halogens is 1. The summed E-state index contributed by atoms with van der Waals surface area (Å²) in [7, 11) is 4.28. The summed E-state index contributed by atoms with van der Waals surface area (Å²) in [4.78, 5) is 13.9. The number of hydrogen-bond donors (Lipinski definition) is 0. The van der Waals surface area contributed by atoms with E-state index in [-0.39, 0.29) is 0 Å². The molecular weight excluding hydrogens is 260 g/mol. The van der Waals surface area contributed by atoms with Gasteiger partial charge in [-0.05, 0) is 40.3 Å². The molecule has 0 amide bonds. The summed E-state index contributed by atoms with van der Waals surface area (Å²) < 4.78 is 0. The van der Waals surface area contributed by atoms with Crippen LogP contribution in [0.3, 0.4) is 0 Å². The van der Waals surface area contributed by atoms with Crippen LogP contribution in [0.25, 0.3) is 0 Å². The van der Waals surface area contributed by atoms with Crippen LogP contribution in [0.1, 0.15) is 36.6 Å². The predicted octanol–water partition coefficient (Wildman–Crippen LogP) is 2.46. The normalized spacial score (nSPS) is 23.4. The van der Waals surface area contributed by atoms with Gasteiger partial charge in [-0.2, -0.15) is 0 Å². The van der Waals surface area contributed by atoms with Crippen LogP contribution in [-0.2, 0) is 0 Å². The average Bonchev–Trinajstić information content (AvgIpc) is 3.09. The summed E-state index contributed by atoms with van der Waals surface area (Å²) in [6.07, 6.45) is 3.60. The Morgan fingerprint density at radius 1 is 1.21 bits per heavy atom. The second kappa shape index (κ2) is 4.91. The van der Waals surface area contributed by atoms with Gasteiger partial charge in [0.05, 0.1) is 0 Å². The molecule has 0 spiro atoms. The van der Waals surface area contributed by atoms with Crippen molar-refractivity contribution in [1.29, 1.82) is 0 Å². The lowest BCUT2D eigenvalue weighted by molar-refractivity contribution is 0.315. The van der Waals surface area contributed by atoms with Crippen molar-refractivity contribution >= 4 is 17.4 Å². The Bertz CT molecular complexity index is 485. The standard InChI is InChI=1S/C14H21ClN4/c1-9-12(15)16-13(10-4-5-10)17-14(9)19-7-6-11(8-19)18(2)3/h10-11H,4-8H2,1-3H3. The monoisotopic (exact) mass is 280 g/mol. The van der Waals surface area contributed by atoms with E-state index in [9.17, 15) is 0 Å². The van der Waals surface area contributed by atoms with E-state index >= 15 is 0 Å². The maximum Gasteiger partial charge on any atom is 0.137 e. The summed E-state index contributed by atoms with van der Waals surface area (Å²) in [5.74, 6) is 2.54. The maximum atomic E-state index is 6.28. The van der Waals surface area contributed by atoms with Gasteiger partial charge in [0.25, 0.3) is 0 Å². The van der Waals surface area contributed by atoms with Crippen LogP contribution in [0.4, 0.5) is 5.82 Å². The molecule has 1 aliphatic carbocycles. The molecule has 1 aliphatic heterocycles. The Balaban J connectivity index is 1.87. The summed E-state index contributed by atoms with van der Waals surface area (Å²) in [6, 6.07) is 0.609. The fourth-order valence-corrected chi connectivity index (χ4v) is 2.85. The zero-order chi connectivity index (χ0) is 13.6. The summed E-state index contributed by atoms with van der Waals surface area (Å²) >= 11 is 6.28. The van der Waals surface area contributed by atoms with Gasteiger partial charge in [0.1, 0.15) is 16.8 Å². The second-order valence-corrected chi connectivity index (χ2v) is 6.31. The third-order valence-corrected chi connectivity index (χ3v) is 4.58. The van der Waals surface area contributed by atoms with E-state index in [1.807, 2.05) is 6.92 Å². The quantitative estimate of drug-likeness (QED) is 0.796. The first kappa shape index (κ1) is 13.1. The van der Waals surface area contributed by atoms with Crippen LogP contribution in [-0.4, -0.2) is 48.1 Å². The fourth-order valence-electron chi connectivity index (χ4n) is 2.68. The van der Waals surface area contributed by atoms with Gasteiger partial charge in [-0.25, -0.2) is 9.97 Å². The van der Waals surface area contributed by atoms with Crippen molar-refractivity contribution in [3.8, 4) is 0 Å². The van der Waals surface area contributed by atoms with Gasteiger partial charge in [-0.15, -0.1) is 0 Å². The van der Waals surface area contributed by atoms with Crippen LogP contribution < -0.4 is 4.90 Å². The molecule has 0 bridgehead atoms. The van der Waals surface area contributed by atoms with E-state index < -0.39 is 0 Å². The van der Waals surface area contributed by atoms with E-state index in [1.54, 1.807) is 0 Å². The van der Waals surface area contributed by atoms with Crippen molar-refractivity contribution in [2.75, 3.05) is 32.1 Å². The Hall–Kier alpha value is -0.870. The Morgan fingerprint density at radius 2 is 1.95 bits per heavy atom. The molecule has 1 saturated heterocycles. The topological polar surface area (TPSA) is 32.3 Å². The molecule has 5 heteroatoms. The minimum atomic E-state index is 0.545. The van der Waals surface area contributed by atoms with Crippen molar-refractivity contribution in [1.82, 2.24) is 14.9 Å². The molecule has 2 heterocycles. The number of hydrogen-bond acceptors (Lipinski definition) is 4. The van der Waals surface area contributed by atoms with Gasteiger partial charge in [-0.3, -0.25) is 0 Å². The first-order chi connectivity index (χ1) is 9.06. The van der Waals surface area contributed by atoms with Crippen LogP contribution in [0, 0.1) is 6.92 Å². The van der Waals surface area contributed by atoms with E-state index in [0.717, 1.165) is 30.3 Å². The first-order valence-electron chi connectivity index (χ1n) is 7.01. The molecule has 19 heavy (non-hydrogen) atoms. The molecule has 2 fully saturated rings. The van der Waals surface area contributed by atoms with E-state index in [0.29, 0.717) is 17.1 Å². The maximum absolute atomic E-state index is 6.28. The van der Waals surface area contributed by atoms with Crippen LogP contribution in [0.5, 0.6) is 0 Å². The number of anilines is 1. The molecule has 4 nitrogen and oxygen atoms in total. The molecule has 1 atom stereocenters. The molecule has 2 aliphatic rings. The van der Waals surface area contributed by atoms with Crippen LogP contribution in [0.15, 0.2) is 0 Å². The SMILES string of the molecule is Cc1c(Cl)nc(C2CC2)nc1N1CCC(N(C)C)C1. The number of likely N-dealkylation sites (N-methyl/N-ethyl adjacent to an activating group) is 1. The molecule has 1 unspecified atom stereocenters. The molecule has 3 rings (SSSR count). The summed E-state index contributed by atoms with van der Waals surface area (Å²) in [6.45, 7) is 4.11. The highest BCUT2D eigenvalue weighted by Gasteiger charge is 2.31. The average molecular weight is 281 g/mol. The zero-order valence-electron chi connectivity index (χ0n) is 11.9. The van der Waals surface area contributed by atoms with Crippen molar-refractivity contribution in [3.05, 3.63) is 16.5 Å². The highest BCUT2D eigenvalue weighted by atomic mass is 35.5. The molecule has 0 radical (unpaired) electrons. The second-order valence-electron chi connectivity index (χ2n) is 5.95. The Morgan fingerprint density at radius 3 is 2.53 bits per heavy atom. The highest BCUT2D eigenvalue weighted by molar-refractivity contribution is 6.30. The molecule has 104 valence electrons. The third-order valence-electron chi connectivity index (χ3n) is 4.21.